The molecule has 1 fully saturated rings. The van der Waals surface area contributed by atoms with Crippen molar-refractivity contribution in [3.63, 3.8) is 0 Å². The van der Waals surface area contributed by atoms with Gasteiger partial charge in [-0.05, 0) is 25.0 Å². The number of carbonyl (C=O) groups excluding carboxylic acids is 1. The van der Waals surface area contributed by atoms with Gasteiger partial charge < -0.3 is 15.4 Å². The molecule has 1 saturated heterocycles. The van der Waals surface area contributed by atoms with Gasteiger partial charge in [0.2, 0.25) is 0 Å². The summed E-state index contributed by atoms with van der Waals surface area (Å²) in [5.74, 6) is 0.166. The first-order valence-corrected chi connectivity index (χ1v) is 9.57. The van der Waals surface area contributed by atoms with E-state index in [9.17, 15) is 9.18 Å². The molecule has 4 rings (SSSR count). The molecule has 0 aliphatic carbocycles. The summed E-state index contributed by atoms with van der Waals surface area (Å²) in [5, 5.41) is 7.05. The topological polar surface area (TPSA) is 110 Å². The van der Waals surface area contributed by atoms with Crippen LogP contribution < -0.4 is 10.6 Å². The van der Waals surface area contributed by atoms with Gasteiger partial charge in [-0.1, -0.05) is 24.6 Å². The third-order valence-corrected chi connectivity index (χ3v) is 5.61. The predicted molar refractivity (Wildman–Crippen MR) is 107 cm³/mol. The minimum absolute atomic E-state index is 0.0277. The van der Waals surface area contributed by atoms with Gasteiger partial charge in [0.15, 0.2) is 11.5 Å². The van der Waals surface area contributed by atoms with E-state index < -0.39 is 11.9 Å². The number of fused-ring (bicyclic) bond motifs is 1. The third-order valence-electron chi connectivity index (χ3n) is 5.32. The molecule has 0 unspecified atom stereocenters. The molecule has 0 spiro atoms. The van der Waals surface area contributed by atoms with Gasteiger partial charge in [0.1, 0.15) is 17.0 Å². The molecule has 1 aromatic carbocycles. The Balaban J connectivity index is 1.54. The Bertz CT molecular complexity index is 1060. The number of aromatic nitrogens is 4. The van der Waals surface area contributed by atoms with Crippen molar-refractivity contribution in [1.29, 1.82) is 0 Å². The highest BCUT2D eigenvalue weighted by atomic mass is 35.5. The van der Waals surface area contributed by atoms with E-state index in [-0.39, 0.29) is 16.0 Å². The van der Waals surface area contributed by atoms with Crippen molar-refractivity contribution in [2.75, 3.05) is 24.6 Å². The van der Waals surface area contributed by atoms with Crippen LogP contribution in [0.15, 0.2) is 24.4 Å². The zero-order chi connectivity index (χ0) is 20.6. The molecule has 8 nitrogen and oxygen atoms in total. The molecule has 0 saturated carbocycles. The Labute approximate surface area is 171 Å². The van der Waals surface area contributed by atoms with E-state index in [4.69, 9.17) is 22.1 Å². The minimum Gasteiger partial charge on any atom is -0.449 e. The van der Waals surface area contributed by atoms with E-state index in [2.05, 4.69) is 32.0 Å². The number of primary amides is 1. The zero-order valence-electron chi connectivity index (χ0n) is 15.8. The van der Waals surface area contributed by atoms with Crippen molar-refractivity contribution < 1.29 is 13.9 Å². The molecule has 1 amide bonds. The second-order valence-corrected chi connectivity index (χ2v) is 7.91. The molecule has 10 heteroatoms. The highest BCUT2D eigenvalue weighted by Gasteiger charge is 2.32. The summed E-state index contributed by atoms with van der Waals surface area (Å²) in [6.07, 6.45) is 2.55. The largest absolute Gasteiger partial charge is 0.449 e. The van der Waals surface area contributed by atoms with Gasteiger partial charge in [0, 0.05) is 24.1 Å². The molecule has 1 aliphatic rings. The quantitative estimate of drug-likeness (QED) is 0.670. The molecule has 3 N–H and O–H groups in total. The lowest BCUT2D eigenvalue weighted by molar-refractivity contribution is 0.0818. The van der Waals surface area contributed by atoms with E-state index in [0.29, 0.717) is 29.3 Å². The van der Waals surface area contributed by atoms with Crippen LogP contribution in [0.1, 0.15) is 19.8 Å². The average Bonchev–Trinajstić information content (AvgIpc) is 3.12. The monoisotopic (exact) mass is 418 g/mol. The van der Waals surface area contributed by atoms with Gasteiger partial charge in [0.05, 0.1) is 17.8 Å². The summed E-state index contributed by atoms with van der Waals surface area (Å²) >= 11 is 5.88. The van der Waals surface area contributed by atoms with Crippen molar-refractivity contribution in [2.24, 2.45) is 11.1 Å². The van der Waals surface area contributed by atoms with Crippen LogP contribution in [0, 0.1) is 11.2 Å². The van der Waals surface area contributed by atoms with Gasteiger partial charge in [-0.15, -0.1) is 0 Å². The van der Waals surface area contributed by atoms with Gasteiger partial charge in [-0.2, -0.15) is 5.10 Å². The molecule has 0 atom stereocenters. The van der Waals surface area contributed by atoms with Crippen LogP contribution in [0.25, 0.3) is 22.4 Å². The van der Waals surface area contributed by atoms with E-state index in [0.717, 1.165) is 25.9 Å². The molecule has 3 aromatic rings. The fraction of sp³-hybridized carbons (Fsp3) is 0.368. The van der Waals surface area contributed by atoms with E-state index in [1.165, 1.54) is 6.07 Å². The molecule has 29 heavy (non-hydrogen) atoms. The molecule has 1 aliphatic heterocycles. The molecular weight excluding hydrogens is 399 g/mol. The number of halogens is 2. The maximum Gasteiger partial charge on any atom is 0.404 e. The number of piperidine rings is 1. The van der Waals surface area contributed by atoms with Crippen molar-refractivity contribution >= 4 is 34.7 Å². The van der Waals surface area contributed by atoms with Crippen LogP contribution in [0.4, 0.5) is 15.0 Å². The first-order chi connectivity index (χ1) is 13.9. The number of nitrogens with one attached hydrogen (secondary N) is 1. The maximum atomic E-state index is 14.4. The van der Waals surface area contributed by atoms with Crippen molar-refractivity contribution in [3.8, 4) is 11.3 Å². The van der Waals surface area contributed by atoms with Crippen LogP contribution in [0.2, 0.25) is 5.02 Å². The number of ether oxygens (including phenoxy) is 1. The standard InChI is InChI=1S/C19H20ClFN6O2/c1-19(10-29-18(22)28)5-7-27(8-6-19)13-9-23-16-15(25-26-17(16)24-13)11-3-2-4-12(20)14(11)21/h2-4,9H,5-8,10H2,1H3,(H2,22,28)(H,24,25,26). The van der Waals surface area contributed by atoms with Crippen molar-refractivity contribution in [3.05, 3.63) is 35.2 Å². The van der Waals surface area contributed by atoms with Crippen LogP contribution in [-0.2, 0) is 4.74 Å². The Morgan fingerprint density at radius 3 is 2.90 bits per heavy atom. The molecule has 2 aromatic heterocycles. The third kappa shape index (κ3) is 3.82. The fourth-order valence-corrected chi connectivity index (χ4v) is 3.66. The minimum atomic E-state index is -0.754. The van der Waals surface area contributed by atoms with Gasteiger partial charge in [-0.25, -0.2) is 19.2 Å². The van der Waals surface area contributed by atoms with Crippen molar-refractivity contribution in [2.45, 2.75) is 19.8 Å². The van der Waals surface area contributed by atoms with E-state index in [1.54, 1.807) is 18.3 Å². The molecular formula is C19H20ClFN6O2. The number of hydrogen-bond donors (Lipinski definition) is 2. The lowest BCUT2D eigenvalue weighted by Crippen LogP contribution is -2.42. The smallest absolute Gasteiger partial charge is 0.404 e. The number of anilines is 1. The number of carbonyl (C=O) groups is 1. The number of hydrogen-bond acceptors (Lipinski definition) is 6. The van der Waals surface area contributed by atoms with Crippen LogP contribution in [0.5, 0.6) is 0 Å². The lowest BCUT2D eigenvalue weighted by Gasteiger charge is -2.39. The number of amides is 1. The van der Waals surface area contributed by atoms with E-state index >= 15 is 0 Å². The predicted octanol–water partition coefficient (Wildman–Crippen LogP) is 3.51. The summed E-state index contributed by atoms with van der Waals surface area (Å²) in [6, 6.07) is 4.75. The highest BCUT2D eigenvalue weighted by Crippen LogP contribution is 2.34. The van der Waals surface area contributed by atoms with E-state index in [1.807, 2.05) is 0 Å². The summed E-state index contributed by atoms with van der Waals surface area (Å²) in [7, 11) is 0. The van der Waals surface area contributed by atoms with Crippen LogP contribution in [0.3, 0.4) is 0 Å². The second-order valence-electron chi connectivity index (χ2n) is 7.50. The number of rotatable bonds is 4. The first kappa shape index (κ1) is 19.4. The molecule has 3 heterocycles. The zero-order valence-corrected chi connectivity index (χ0v) is 16.5. The number of nitrogens with two attached hydrogens (primary N) is 1. The summed E-state index contributed by atoms with van der Waals surface area (Å²) < 4.78 is 19.4. The SMILES string of the molecule is CC1(COC(N)=O)CCN(c2cnc3c(-c4cccc(Cl)c4F)n[nH]c3n2)CC1. The maximum absolute atomic E-state index is 14.4. The Kier molecular flexibility index (Phi) is 4.99. The number of nitrogens with zero attached hydrogens (tertiary/aromatic N) is 4. The van der Waals surface area contributed by atoms with Crippen LogP contribution in [-0.4, -0.2) is 46.0 Å². The first-order valence-electron chi connectivity index (χ1n) is 9.19. The van der Waals surface area contributed by atoms with Gasteiger partial charge in [0.25, 0.3) is 0 Å². The summed E-state index contributed by atoms with van der Waals surface area (Å²) in [4.78, 5) is 22.0. The Hall–Kier alpha value is -2.94. The fourth-order valence-electron chi connectivity index (χ4n) is 3.49. The van der Waals surface area contributed by atoms with Gasteiger partial charge in [-0.3, -0.25) is 5.10 Å². The summed E-state index contributed by atoms with van der Waals surface area (Å²) in [5.41, 5.74) is 6.55. The number of H-pyrrole nitrogens is 1. The normalized spacial score (nSPS) is 16.2. The summed E-state index contributed by atoms with van der Waals surface area (Å²) in [6.45, 7) is 3.85. The number of benzene rings is 1. The molecule has 152 valence electrons. The highest BCUT2D eigenvalue weighted by molar-refractivity contribution is 6.31. The lowest BCUT2D eigenvalue weighted by atomic mass is 9.81. The average molecular weight is 419 g/mol. The van der Waals surface area contributed by atoms with Crippen molar-refractivity contribution in [1.82, 2.24) is 20.2 Å². The molecule has 0 radical (unpaired) electrons. The second kappa shape index (κ2) is 7.47. The number of aromatic amines is 1. The van der Waals surface area contributed by atoms with Gasteiger partial charge >= 0.3 is 6.09 Å². The van der Waals surface area contributed by atoms with Crippen LogP contribution >= 0.6 is 11.6 Å². The Morgan fingerprint density at radius 2 is 2.17 bits per heavy atom. The Morgan fingerprint density at radius 1 is 1.41 bits per heavy atom. The molecule has 0 bridgehead atoms.